The van der Waals surface area contributed by atoms with E-state index in [0.717, 1.165) is 61.3 Å². The summed E-state index contributed by atoms with van der Waals surface area (Å²) < 4.78 is 11.6. The van der Waals surface area contributed by atoms with Gasteiger partial charge in [0.15, 0.2) is 5.96 Å². The lowest BCUT2D eigenvalue weighted by Gasteiger charge is -2.22. The molecule has 3 rings (SSSR count). The molecule has 5 nitrogen and oxygen atoms in total. The summed E-state index contributed by atoms with van der Waals surface area (Å²) in [6.45, 7) is 6.16. The van der Waals surface area contributed by atoms with Gasteiger partial charge in [-0.2, -0.15) is 0 Å². The molecule has 0 bridgehead atoms. The average molecular weight is 343 g/mol. The Morgan fingerprint density at radius 3 is 2.96 bits per heavy atom. The molecule has 1 aromatic heterocycles. The van der Waals surface area contributed by atoms with Crippen LogP contribution in [0.3, 0.4) is 0 Å². The molecule has 1 heterocycles. The molecule has 0 spiro atoms. The SMILES string of the molecule is CCNC(=NCCc1cc2ccccc2o1)N(C)CCOCC1CC1. The van der Waals surface area contributed by atoms with Crippen LogP contribution in [0.25, 0.3) is 11.0 Å². The monoisotopic (exact) mass is 343 g/mol. The van der Waals surface area contributed by atoms with E-state index < -0.39 is 0 Å². The Balaban J connectivity index is 1.47. The van der Waals surface area contributed by atoms with Crippen molar-refractivity contribution in [3.63, 3.8) is 0 Å². The van der Waals surface area contributed by atoms with E-state index in [1.165, 1.54) is 12.8 Å². The van der Waals surface area contributed by atoms with Crippen molar-refractivity contribution in [1.82, 2.24) is 10.2 Å². The lowest BCUT2D eigenvalue weighted by atomic mass is 10.2. The summed E-state index contributed by atoms with van der Waals surface area (Å²) in [7, 11) is 2.06. The van der Waals surface area contributed by atoms with Crippen molar-refractivity contribution in [3.05, 3.63) is 36.1 Å². The quantitative estimate of drug-likeness (QED) is 0.431. The number of hydrogen-bond acceptors (Lipinski definition) is 3. The number of ether oxygens (including phenoxy) is 1. The molecule has 2 aromatic rings. The highest BCUT2D eigenvalue weighted by Crippen LogP contribution is 2.28. The first-order valence-electron chi connectivity index (χ1n) is 9.31. The summed E-state index contributed by atoms with van der Waals surface area (Å²) in [6.07, 6.45) is 3.47. The van der Waals surface area contributed by atoms with E-state index in [4.69, 9.17) is 14.1 Å². The maximum atomic E-state index is 5.85. The van der Waals surface area contributed by atoms with Crippen LogP contribution >= 0.6 is 0 Å². The number of aliphatic imine (C=N–C) groups is 1. The molecule has 1 aromatic carbocycles. The Kier molecular flexibility index (Phi) is 6.34. The van der Waals surface area contributed by atoms with E-state index in [-0.39, 0.29) is 0 Å². The van der Waals surface area contributed by atoms with Gasteiger partial charge >= 0.3 is 0 Å². The minimum atomic E-state index is 0.704. The predicted octanol–water partition coefficient (Wildman–Crippen LogP) is 3.30. The number of fused-ring (bicyclic) bond motifs is 1. The van der Waals surface area contributed by atoms with E-state index >= 15 is 0 Å². The van der Waals surface area contributed by atoms with Crippen LogP contribution < -0.4 is 5.32 Å². The van der Waals surface area contributed by atoms with Gasteiger partial charge in [0, 0.05) is 45.1 Å². The van der Waals surface area contributed by atoms with Crippen molar-refractivity contribution in [2.24, 2.45) is 10.9 Å². The van der Waals surface area contributed by atoms with Gasteiger partial charge < -0.3 is 19.4 Å². The van der Waals surface area contributed by atoms with Gasteiger partial charge in [0.25, 0.3) is 0 Å². The van der Waals surface area contributed by atoms with Crippen molar-refractivity contribution in [3.8, 4) is 0 Å². The summed E-state index contributed by atoms with van der Waals surface area (Å²) >= 11 is 0. The number of rotatable bonds is 9. The summed E-state index contributed by atoms with van der Waals surface area (Å²) in [5.74, 6) is 2.72. The highest BCUT2D eigenvalue weighted by molar-refractivity contribution is 5.80. The number of para-hydroxylation sites is 1. The Hall–Kier alpha value is -2.01. The average Bonchev–Trinajstić information content (AvgIpc) is 3.35. The highest BCUT2D eigenvalue weighted by atomic mass is 16.5. The van der Waals surface area contributed by atoms with E-state index in [1.54, 1.807) is 0 Å². The minimum Gasteiger partial charge on any atom is -0.461 e. The normalized spacial score (nSPS) is 14.9. The second-order valence-corrected chi connectivity index (χ2v) is 6.68. The lowest BCUT2D eigenvalue weighted by molar-refractivity contribution is 0.115. The maximum absolute atomic E-state index is 5.85. The third-order valence-electron chi connectivity index (χ3n) is 4.41. The molecule has 0 radical (unpaired) electrons. The van der Waals surface area contributed by atoms with Crippen LogP contribution in [0.2, 0.25) is 0 Å². The molecule has 0 atom stereocenters. The number of guanidine groups is 1. The largest absolute Gasteiger partial charge is 0.461 e. The number of benzene rings is 1. The van der Waals surface area contributed by atoms with Crippen LogP contribution in [0.4, 0.5) is 0 Å². The fraction of sp³-hybridized carbons (Fsp3) is 0.550. The van der Waals surface area contributed by atoms with Gasteiger partial charge in [0.05, 0.1) is 6.61 Å². The standard InChI is InChI=1S/C20H29N3O2/c1-3-21-20(23(2)12-13-24-15-16-8-9-16)22-11-10-18-14-17-6-4-5-7-19(17)25-18/h4-7,14,16H,3,8-13,15H2,1-2H3,(H,21,22). The second-order valence-electron chi connectivity index (χ2n) is 6.68. The topological polar surface area (TPSA) is 50.0 Å². The van der Waals surface area contributed by atoms with Crippen LogP contribution in [-0.4, -0.2) is 50.8 Å². The van der Waals surface area contributed by atoms with E-state index in [2.05, 4.69) is 36.3 Å². The zero-order valence-corrected chi connectivity index (χ0v) is 15.3. The molecule has 0 amide bonds. The smallest absolute Gasteiger partial charge is 0.193 e. The Bertz CT molecular complexity index is 658. The van der Waals surface area contributed by atoms with Crippen molar-refractivity contribution in [1.29, 1.82) is 0 Å². The molecule has 0 aliphatic heterocycles. The molecule has 1 aliphatic rings. The van der Waals surface area contributed by atoms with Gasteiger partial charge in [-0.25, -0.2) is 0 Å². The molecule has 0 saturated heterocycles. The summed E-state index contributed by atoms with van der Waals surface area (Å²) in [5, 5.41) is 4.50. The second kappa shape index (κ2) is 8.90. The first-order chi connectivity index (χ1) is 12.3. The van der Waals surface area contributed by atoms with Crippen molar-refractivity contribution in [2.45, 2.75) is 26.2 Å². The summed E-state index contributed by atoms with van der Waals surface area (Å²) in [4.78, 5) is 6.85. The fourth-order valence-electron chi connectivity index (χ4n) is 2.74. The molecule has 136 valence electrons. The lowest BCUT2D eigenvalue weighted by Crippen LogP contribution is -2.40. The first kappa shape index (κ1) is 17.8. The van der Waals surface area contributed by atoms with Gasteiger partial charge in [0.2, 0.25) is 0 Å². The molecular formula is C20H29N3O2. The zero-order valence-electron chi connectivity index (χ0n) is 15.3. The fourth-order valence-corrected chi connectivity index (χ4v) is 2.74. The number of furan rings is 1. The number of hydrogen-bond donors (Lipinski definition) is 1. The third-order valence-corrected chi connectivity index (χ3v) is 4.41. The molecule has 1 saturated carbocycles. The van der Waals surface area contributed by atoms with Gasteiger partial charge in [-0.3, -0.25) is 4.99 Å². The van der Waals surface area contributed by atoms with Crippen molar-refractivity contribution < 1.29 is 9.15 Å². The van der Waals surface area contributed by atoms with Gasteiger partial charge in [-0.05, 0) is 37.8 Å². The predicted molar refractivity (Wildman–Crippen MR) is 102 cm³/mol. The number of likely N-dealkylation sites (N-methyl/N-ethyl adjacent to an activating group) is 1. The van der Waals surface area contributed by atoms with E-state index in [0.29, 0.717) is 6.54 Å². The van der Waals surface area contributed by atoms with E-state index in [1.807, 2.05) is 18.2 Å². The van der Waals surface area contributed by atoms with Gasteiger partial charge in [-0.1, -0.05) is 18.2 Å². The first-order valence-corrected chi connectivity index (χ1v) is 9.31. The summed E-state index contributed by atoms with van der Waals surface area (Å²) in [6, 6.07) is 10.2. The van der Waals surface area contributed by atoms with Crippen LogP contribution in [0.5, 0.6) is 0 Å². The zero-order chi connectivity index (χ0) is 17.5. The molecule has 5 heteroatoms. The van der Waals surface area contributed by atoms with E-state index in [9.17, 15) is 0 Å². The van der Waals surface area contributed by atoms with Gasteiger partial charge in [0.1, 0.15) is 11.3 Å². The molecule has 1 N–H and O–H groups in total. The number of nitrogens with one attached hydrogen (secondary N) is 1. The van der Waals surface area contributed by atoms with Crippen LogP contribution in [0, 0.1) is 5.92 Å². The Morgan fingerprint density at radius 1 is 1.36 bits per heavy atom. The Labute approximate surface area is 150 Å². The molecule has 25 heavy (non-hydrogen) atoms. The van der Waals surface area contributed by atoms with Gasteiger partial charge in [-0.15, -0.1) is 0 Å². The van der Waals surface area contributed by atoms with Crippen LogP contribution in [-0.2, 0) is 11.2 Å². The molecule has 0 unspecified atom stereocenters. The maximum Gasteiger partial charge on any atom is 0.193 e. The molecule has 1 fully saturated rings. The van der Waals surface area contributed by atoms with Crippen LogP contribution in [0.15, 0.2) is 39.7 Å². The van der Waals surface area contributed by atoms with Crippen LogP contribution in [0.1, 0.15) is 25.5 Å². The molecular weight excluding hydrogens is 314 g/mol. The van der Waals surface area contributed by atoms with Crippen molar-refractivity contribution in [2.75, 3.05) is 39.9 Å². The number of nitrogens with zero attached hydrogens (tertiary/aromatic N) is 2. The minimum absolute atomic E-state index is 0.704. The Morgan fingerprint density at radius 2 is 2.20 bits per heavy atom. The third kappa shape index (κ3) is 5.49. The van der Waals surface area contributed by atoms with Crippen molar-refractivity contribution >= 4 is 16.9 Å². The highest BCUT2D eigenvalue weighted by Gasteiger charge is 2.21. The molecule has 1 aliphatic carbocycles. The summed E-state index contributed by atoms with van der Waals surface area (Å²) in [5.41, 5.74) is 0.943.